The lowest BCUT2D eigenvalue weighted by molar-refractivity contribution is -0.142. The first-order valence-corrected chi connectivity index (χ1v) is 6.79. The highest BCUT2D eigenvalue weighted by Gasteiger charge is 2.19. The van der Waals surface area contributed by atoms with Crippen LogP contribution in [0.5, 0.6) is 5.75 Å². The molecule has 5 nitrogen and oxygen atoms in total. The average Bonchev–Trinajstić information content (AvgIpc) is 2.37. The van der Waals surface area contributed by atoms with Crippen LogP contribution >= 0.6 is 23.2 Å². The minimum Gasteiger partial charge on any atom is -0.482 e. The van der Waals surface area contributed by atoms with E-state index in [4.69, 9.17) is 33.0 Å². The molecule has 0 aliphatic rings. The fourth-order valence-corrected chi connectivity index (χ4v) is 1.98. The normalized spacial score (nSPS) is 11.8. The van der Waals surface area contributed by atoms with E-state index in [1.807, 2.05) is 6.92 Å². The molecule has 1 rings (SSSR count). The Bertz CT molecular complexity index is 493. The number of aliphatic carboxylic acids is 1. The van der Waals surface area contributed by atoms with Crippen molar-refractivity contribution in [1.82, 2.24) is 5.32 Å². The average molecular weight is 320 g/mol. The molecule has 1 amide bonds. The van der Waals surface area contributed by atoms with Crippen LogP contribution in [-0.4, -0.2) is 29.6 Å². The summed E-state index contributed by atoms with van der Waals surface area (Å²) in [5.74, 6) is -1.27. The summed E-state index contributed by atoms with van der Waals surface area (Å²) in [6, 6.07) is 3.71. The van der Waals surface area contributed by atoms with E-state index in [1.54, 1.807) is 12.1 Å². The van der Waals surface area contributed by atoms with Crippen LogP contribution in [0.15, 0.2) is 18.2 Å². The molecule has 0 aliphatic carbocycles. The number of carbonyl (C=O) groups is 2. The second-order valence-electron chi connectivity index (χ2n) is 4.11. The lowest BCUT2D eigenvalue weighted by Gasteiger charge is -2.14. The maximum atomic E-state index is 11.6. The van der Waals surface area contributed by atoms with E-state index in [0.717, 1.165) is 0 Å². The maximum absolute atomic E-state index is 11.6. The first-order valence-electron chi connectivity index (χ1n) is 6.04. The number of nitrogens with one attached hydrogen (secondary N) is 1. The van der Waals surface area contributed by atoms with Gasteiger partial charge < -0.3 is 15.2 Å². The first kappa shape index (κ1) is 16.6. The Hall–Kier alpha value is -1.46. The highest BCUT2D eigenvalue weighted by molar-refractivity contribution is 6.35. The van der Waals surface area contributed by atoms with E-state index < -0.39 is 17.9 Å². The van der Waals surface area contributed by atoms with Crippen LogP contribution in [0, 0.1) is 0 Å². The van der Waals surface area contributed by atoms with Crippen molar-refractivity contribution in [3.05, 3.63) is 28.2 Å². The Morgan fingerprint density at radius 1 is 1.40 bits per heavy atom. The van der Waals surface area contributed by atoms with E-state index in [2.05, 4.69) is 5.32 Å². The van der Waals surface area contributed by atoms with Gasteiger partial charge in [0.25, 0.3) is 5.91 Å². The molecule has 0 spiro atoms. The number of amides is 1. The van der Waals surface area contributed by atoms with Crippen LogP contribution in [0.4, 0.5) is 0 Å². The molecule has 0 saturated carbocycles. The molecule has 0 unspecified atom stereocenters. The molecule has 1 aromatic rings. The number of halogens is 2. The minimum absolute atomic E-state index is 0.286. The van der Waals surface area contributed by atoms with Crippen molar-refractivity contribution in [2.24, 2.45) is 0 Å². The van der Waals surface area contributed by atoms with Crippen LogP contribution in [-0.2, 0) is 9.59 Å². The number of hydrogen-bond acceptors (Lipinski definition) is 3. The number of carboxylic acids is 1. The SMILES string of the molecule is CCC[C@H](NC(=O)COc1ccc(Cl)cc1Cl)C(=O)O. The van der Waals surface area contributed by atoms with Crippen molar-refractivity contribution < 1.29 is 19.4 Å². The molecule has 110 valence electrons. The molecular formula is C13H15Cl2NO4. The molecule has 0 radical (unpaired) electrons. The monoisotopic (exact) mass is 319 g/mol. The summed E-state index contributed by atoms with van der Waals surface area (Å²) >= 11 is 11.6. The van der Waals surface area contributed by atoms with Gasteiger partial charge in [-0.1, -0.05) is 36.5 Å². The Balaban J connectivity index is 2.52. The van der Waals surface area contributed by atoms with Gasteiger partial charge in [0.05, 0.1) is 5.02 Å². The standard InChI is InChI=1S/C13H15Cl2NO4/c1-2-3-10(13(18)19)16-12(17)7-20-11-5-4-8(14)6-9(11)15/h4-6,10H,2-3,7H2,1H3,(H,16,17)(H,18,19)/t10-/m0/s1. The number of carboxylic acid groups (broad SMARTS) is 1. The summed E-state index contributed by atoms with van der Waals surface area (Å²) in [6.45, 7) is 1.53. The summed E-state index contributed by atoms with van der Waals surface area (Å²) in [5, 5.41) is 12.1. The zero-order chi connectivity index (χ0) is 15.1. The Morgan fingerprint density at radius 3 is 2.65 bits per heavy atom. The topological polar surface area (TPSA) is 75.6 Å². The number of ether oxygens (including phenoxy) is 1. The van der Waals surface area contributed by atoms with E-state index in [0.29, 0.717) is 23.6 Å². The molecule has 1 atom stereocenters. The molecule has 0 fully saturated rings. The number of benzene rings is 1. The van der Waals surface area contributed by atoms with Gasteiger partial charge in [-0.15, -0.1) is 0 Å². The largest absolute Gasteiger partial charge is 0.482 e. The molecule has 0 saturated heterocycles. The van der Waals surface area contributed by atoms with Crippen molar-refractivity contribution in [2.75, 3.05) is 6.61 Å². The van der Waals surface area contributed by atoms with E-state index >= 15 is 0 Å². The molecular weight excluding hydrogens is 305 g/mol. The molecule has 7 heteroatoms. The van der Waals surface area contributed by atoms with Gasteiger partial charge in [-0.25, -0.2) is 4.79 Å². The fraction of sp³-hybridized carbons (Fsp3) is 0.385. The van der Waals surface area contributed by atoms with Gasteiger partial charge in [0.15, 0.2) is 6.61 Å². The third-order valence-corrected chi connectivity index (χ3v) is 2.99. The maximum Gasteiger partial charge on any atom is 0.326 e. The van der Waals surface area contributed by atoms with Crippen molar-refractivity contribution in [2.45, 2.75) is 25.8 Å². The zero-order valence-electron chi connectivity index (χ0n) is 10.9. The predicted molar refractivity (Wildman–Crippen MR) is 76.4 cm³/mol. The number of hydrogen-bond donors (Lipinski definition) is 2. The Morgan fingerprint density at radius 2 is 2.10 bits per heavy atom. The van der Waals surface area contributed by atoms with Crippen LogP contribution in [0.3, 0.4) is 0 Å². The summed E-state index contributed by atoms with van der Waals surface area (Å²) in [6.07, 6.45) is 1.02. The molecule has 0 aromatic heterocycles. The third-order valence-electron chi connectivity index (χ3n) is 2.46. The van der Waals surface area contributed by atoms with Gasteiger partial charge >= 0.3 is 5.97 Å². The van der Waals surface area contributed by atoms with Crippen molar-refractivity contribution >= 4 is 35.1 Å². The van der Waals surface area contributed by atoms with Crippen molar-refractivity contribution in [3.8, 4) is 5.75 Å². The van der Waals surface area contributed by atoms with E-state index in [9.17, 15) is 9.59 Å². The molecule has 2 N–H and O–H groups in total. The molecule has 0 heterocycles. The summed E-state index contributed by atoms with van der Waals surface area (Å²) in [5.41, 5.74) is 0. The summed E-state index contributed by atoms with van der Waals surface area (Å²) in [4.78, 5) is 22.5. The summed E-state index contributed by atoms with van der Waals surface area (Å²) in [7, 11) is 0. The van der Waals surface area contributed by atoms with Gasteiger partial charge in [0, 0.05) is 5.02 Å². The second kappa shape index (κ2) is 7.97. The number of rotatable bonds is 7. The molecule has 20 heavy (non-hydrogen) atoms. The fourth-order valence-electron chi connectivity index (χ4n) is 1.52. The lowest BCUT2D eigenvalue weighted by Crippen LogP contribution is -2.42. The Kier molecular flexibility index (Phi) is 6.61. The second-order valence-corrected chi connectivity index (χ2v) is 4.95. The first-order chi connectivity index (χ1) is 9.43. The minimum atomic E-state index is -1.07. The van der Waals surface area contributed by atoms with Crippen molar-refractivity contribution in [1.29, 1.82) is 0 Å². The highest BCUT2D eigenvalue weighted by Crippen LogP contribution is 2.27. The van der Waals surface area contributed by atoms with E-state index in [-0.39, 0.29) is 11.6 Å². The van der Waals surface area contributed by atoms with Crippen LogP contribution < -0.4 is 10.1 Å². The van der Waals surface area contributed by atoms with Gasteiger partial charge in [0.2, 0.25) is 0 Å². The van der Waals surface area contributed by atoms with Gasteiger partial charge in [-0.3, -0.25) is 4.79 Å². The van der Waals surface area contributed by atoms with Gasteiger partial charge in [0.1, 0.15) is 11.8 Å². The van der Waals surface area contributed by atoms with Gasteiger partial charge in [-0.2, -0.15) is 0 Å². The van der Waals surface area contributed by atoms with Gasteiger partial charge in [-0.05, 0) is 24.6 Å². The van der Waals surface area contributed by atoms with Crippen LogP contribution in [0.1, 0.15) is 19.8 Å². The zero-order valence-corrected chi connectivity index (χ0v) is 12.4. The van der Waals surface area contributed by atoms with Crippen LogP contribution in [0.2, 0.25) is 10.0 Å². The molecule has 0 aliphatic heterocycles. The predicted octanol–water partition coefficient (Wildman–Crippen LogP) is 2.74. The molecule has 1 aromatic carbocycles. The lowest BCUT2D eigenvalue weighted by atomic mass is 10.2. The summed E-state index contributed by atoms with van der Waals surface area (Å²) < 4.78 is 5.22. The number of carbonyl (C=O) groups excluding carboxylic acids is 1. The Labute approximate surface area is 126 Å². The third kappa shape index (κ3) is 5.27. The highest BCUT2D eigenvalue weighted by atomic mass is 35.5. The quantitative estimate of drug-likeness (QED) is 0.810. The molecule has 0 bridgehead atoms. The smallest absolute Gasteiger partial charge is 0.326 e. The van der Waals surface area contributed by atoms with Crippen LogP contribution in [0.25, 0.3) is 0 Å². The van der Waals surface area contributed by atoms with E-state index in [1.165, 1.54) is 6.07 Å². The van der Waals surface area contributed by atoms with Crippen molar-refractivity contribution in [3.63, 3.8) is 0 Å².